The SMILES string of the molecule is O=c1oc2ccc([N+](=O)[O-])cc2cc1COC(Cn1ccnc1)c1ccc(F)cc1F. The number of ether oxygens (including phenoxy) is 1. The van der Waals surface area contributed by atoms with Gasteiger partial charge in [0.15, 0.2) is 0 Å². The van der Waals surface area contributed by atoms with Gasteiger partial charge in [0.25, 0.3) is 5.69 Å². The van der Waals surface area contributed by atoms with Gasteiger partial charge in [0.05, 0.1) is 30.0 Å². The molecule has 8 nitrogen and oxygen atoms in total. The molecule has 1 atom stereocenters. The van der Waals surface area contributed by atoms with Gasteiger partial charge < -0.3 is 13.7 Å². The quantitative estimate of drug-likeness (QED) is 0.250. The number of nitro benzene ring substituents is 1. The Bertz CT molecular complexity index is 1300. The van der Waals surface area contributed by atoms with Gasteiger partial charge in [-0.15, -0.1) is 0 Å². The molecule has 0 bridgehead atoms. The van der Waals surface area contributed by atoms with E-state index in [1.54, 1.807) is 17.0 Å². The number of rotatable bonds is 7. The molecule has 10 heteroatoms. The first-order valence-electron chi connectivity index (χ1n) is 9.14. The fourth-order valence-corrected chi connectivity index (χ4v) is 3.15. The molecule has 2 heterocycles. The van der Waals surface area contributed by atoms with Gasteiger partial charge in [0, 0.05) is 41.5 Å². The van der Waals surface area contributed by atoms with E-state index in [2.05, 4.69) is 4.98 Å². The van der Waals surface area contributed by atoms with Gasteiger partial charge in [0.2, 0.25) is 0 Å². The molecule has 0 amide bonds. The van der Waals surface area contributed by atoms with Crippen molar-refractivity contribution in [3.05, 3.63) is 104 Å². The fraction of sp³-hybridized carbons (Fsp3) is 0.143. The number of nitrogens with zero attached hydrogens (tertiary/aromatic N) is 3. The van der Waals surface area contributed by atoms with E-state index in [1.165, 1.54) is 36.7 Å². The minimum absolute atomic E-state index is 0.103. The van der Waals surface area contributed by atoms with Crippen LogP contribution in [0.3, 0.4) is 0 Å². The van der Waals surface area contributed by atoms with Crippen LogP contribution in [0.1, 0.15) is 17.2 Å². The molecule has 0 aliphatic rings. The summed E-state index contributed by atoms with van der Waals surface area (Å²) in [5.74, 6) is -1.51. The molecule has 0 aliphatic heterocycles. The minimum atomic E-state index is -0.866. The number of fused-ring (bicyclic) bond motifs is 1. The first-order chi connectivity index (χ1) is 14.9. The van der Waals surface area contributed by atoms with Crippen molar-refractivity contribution in [1.82, 2.24) is 9.55 Å². The maximum absolute atomic E-state index is 14.4. The summed E-state index contributed by atoms with van der Waals surface area (Å²) >= 11 is 0. The van der Waals surface area contributed by atoms with E-state index < -0.39 is 28.3 Å². The predicted molar refractivity (Wildman–Crippen MR) is 105 cm³/mol. The van der Waals surface area contributed by atoms with Crippen molar-refractivity contribution in [2.45, 2.75) is 19.3 Å². The van der Waals surface area contributed by atoms with Crippen molar-refractivity contribution in [1.29, 1.82) is 0 Å². The molecule has 2 aromatic carbocycles. The van der Waals surface area contributed by atoms with Crippen LogP contribution in [0.25, 0.3) is 11.0 Å². The number of hydrogen-bond acceptors (Lipinski definition) is 6. The molecule has 31 heavy (non-hydrogen) atoms. The summed E-state index contributed by atoms with van der Waals surface area (Å²) < 4.78 is 40.4. The Kier molecular flexibility index (Phi) is 5.54. The Labute approximate surface area is 173 Å². The molecule has 0 spiro atoms. The van der Waals surface area contributed by atoms with E-state index in [0.29, 0.717) is 5.39 Å². The average molecular weight is 427 g/mol. The van der Waals surface area contributed by atoms with Crippen molar-refractivity contribution < 1.29 is 22.9 Å². The van der Waals surface area contributed by atoms with Gasteiger partial charge in [-0.05, 0) is 18.2 Å². The number of imidazole rings is 1. The highest BCUT2D eigenvalue weighted by molar-refractivity contribution is 5.79. The number of aromatic nitrogens is 2. The summed E-state index contributed by atoms with van der Waals surface area (Å²) in [4.78, 5) is 26.7. The summed E-state index contributed by atoms with van der Waals surface area (Å²) in [5, 5.41) is 11.3. The van der Waals surface area contributed by atoms with Gasteiger partial charge in [-0.3, -0.25) is 10.1 Å². The molecule has 0 saturated carbocycles. The normalized spacial score (nSPS) is 12.2. The first-order valence-corrected chi connectivity index (χ1v) is 9.14. The molecular weight excluding hydrogens is 412 g/mol. The van der Waals surface area contributed by atoms with Crippen LogP contribution in [0, 0.1) is 21.7 Å². The van der Waals surface area contributed by atoms with E-state index in [-0.39, 0.29) is 35.5 Å². The summed E-state index contributed by atoms with van der Waals surface area (Å²) in [6.45, 7) is -0.0932. The van der Waals surface area contributed by atoms with E-state index in [1.807, 2.05) is 0 Å². The number of halogens is 2. The summed E-state index contributed by atoms with van der Waals surface area (Å²) in [5.41, 5.74) is -0.428. The van der Waals surface area contributed by atoms with Crippen molar-refractivity contribution in [2.75, 3.05) is 0 Å². The second-order valence-corrected chi connectivity index (χ2v) is 6.76. The molecule has 0 radical (unpaired) electrons. The zero-order chi connectivity index (χ0) is 22.0. The Balaban J connectivity index is 1.64. The van der Waals surface area contributed by atoms with Gasteiger partial charge >= 0.3 is 5.63 Å². The second-order valence-electron chi connectivity index (χ2n) is 6.76. The molecule has 4 rings (SSSR count). The van der Waals surface area contributed by atoms with E-state index >= 15 is 0 Å². The third-order valence-electron chi connectivity index (χ3n) is 4.68. The molecule has 1 unspecified atom stereocenters. The number of benzene rings is 2. The number of nitro groups is 1. The molecule has 0 saturated heterocycles. The van der Waals surface area contributed by atoms with E-state index in [9.17, 15) is 23.7 Å². The molecule has 4 aromatic rings. The van der Waals surface area contributed by atoms with Crippen molar-refractivity contribution in [3.63, 3.8) is 0 Å². The molecule has 0 N–H and O–H groups in total. The predicted octanol–water partition coefficient (Wildman–Crippen LogP) is 4.13. The first kappa shape index (κ1) is 20.4. The molecular formula is C21H15F2N3O5. The van der Waals surface area contributed by atoms with Crippen molar-refractivity contribution in [2.24, 2.45) is 0 Å². The Hall–Kier alpha value is -3.92. The maximum atomic E-state index is 14.4. The van der Waals surface area contributed by atoms with Gasteiger partial charge in [0.1, 0.15) is 23.3 Å². The lowest BCUT2D eigenvalue weighted by atomic mass is 10.1. The standard InChI is InChI=1S/C21H15F2N3O5/c22-15-1-3-17(18(23)9-15)20(10-25-6-5-24-12-25)30-11-14-7-13-8-16(26(28)29)2-4-19(13)31-21(14)27/h1-9,12,20H,10-11H2. The lowest BCUT2D eigenvalue weighted by Crippen LogP contribution is -2.16. The number of non-ortho nitro benzene ring substituents is 1. The smallest absolute Gasteiger partial charge is 0.341 e. The van der Waals surface area contributed by atoms with Crippen molar-refractivity contribution in [3.8, 4) is 0 Å². The molecule has 158 valence electrons. The highest BCUT2D eigenvalue weighted by Crippen LogP contribution is 2.26. The van der Waals surface area contributed by atoms with Crippen LogP contribution in [0.15, 0.2) is 70.4 Å². The monoisotopic (exact) mass is 427 g/mol. The Morgan fingerprint density at radius 3 is 2.74 bits per heavy atom. The number of hydrogen-bond donors (Lipinski definition) is 0. The summed E-state index contributed by atoms with van der Waals surface area (Å²) in [7, 11) is 0. The van der Waals surface area contributed by atoms with E-state index in [0.717, 1.165) is 12.1 Å². The highest BCUT2D eigenvalue weighted by atomic mass is 19.1. The zero-order valence-electron chi connectivity index (χ0n) is 15.9. The second kappa shape index (κ2) is 8.44. The molecule has 0 aliphatic carbocycles. The lowest BCUT2D eigenvalue weighted by Gasteiger charge is -2.19. The van der Waals surface area contributed by atoms with E-state index in [4.69, 9.17) is 9.15 Å². The maximum Gasteiger partial charge on any atom is 0.341 e. The molecule has 2 aromatic heterocycles. The molecule has 0 fully saturated rings. The third kappa shape index (κ3) is 4.48. The van der Waals surface area contributed by atoms with Gasteiger partial charge in [-0.25, -0.2) is 18.6 Å². The van der Waals surface area contributed by atoms with Crippen LogP contribution in [-0.2, 0) is 17.9 Å². The topological polar surface area (TPSA) is 100 Å². The summed E-state index contributed by atoms with van der Waals surface area (Å²) in [6.07, 6.45) is 3.85. The minimum Gasteiger partial charge on any atom is -0.422 e. The van der Waals surface area contributed by atoms with Crippen molar-refractivity contribution >= 4 is 16.7 Å². The van der Waals surface area contributed by atoms with Crippen LogP contribution >= 0.6 is 0 Å². The highest BCUT2D eigenvalue weighted by Gasteiger charge is 2.19. The Morgan fingerprint density at radius 2 is 2.03 bits per heavy atom. The van der Waals surface area contributed by atoms with Gasteiger partial charge in [-0.2, -0.15) is 0 Å². The average Bonchev–Trinajstić information content (AvgIpc) is 3.24. The largest absolute Gasteiger partial charge is 0.422 e. The zero-order valence-corrected chi connectivity index (χ0v) is 15.9. The third-order valence-corrected chi connectivity index (χ3v) is 4.68. The Morgan fingerprint density at radius 1 is 1.19 bits per heavy atom. The van der Waals surface area contributed by atoms with Crippen LogP contribution in [-0.4, -0.2) is 14.5 Å². The van der Waals surface area contributed by atoms with Crippen LogP contribution < -0.4 is 5.63 Å². The fourth-order valence-electron chi connectivity index (χ4n) is 3.15. The van der Waals surface area contributed by atoms with Crippen LogP contribution in [0.4, 0.5) is 14.5 Å². The van der Waals surface area contributed by atoms with Gasteiger partial charge in [-0.1, -0.05) is 6.07 Å². The van der Waals surface area contributed by atoms with Crippen LogP contribution in [0.2, 0.25) is 0 Å². The lowest BCUT2D eigenvalue weighted by molar-refractivity contribution is -0.384. The van der Waals surface area contributed by atoms with Crippen LogP contribution in [0.5, 0.6) is 0 Å². The summed E-state index contributed by atoms with van der Waals surface area (Å²) in [6, 6.07) is 8.44.